The Kier molecular flexibility index (Phi) is 4.93. The summed E-state index contributed by atoms with van der Waals surface area (Å²) in [5.74, 6) is 0. The van der Waals surface area contributed by atoms with Gasteiger partial charge in [-0.25, -0.2) is 13.1 Å². The Bertz CT molecular complexity index is 606. The lowest BCUT2D eigenvalue weighted by Crippen LogP contribution is -2.40. The molecule has 1 aromatic rings. The van der Waals surface area contributed by atoms with Crippen LogP contribution in [0.2, 0.25) is 5.02 Å². The number of hydrogen-bond acceptors (Lipinski definition) is 4. The second-order valence-electron chi connectivity index (χ2n) is 4.43. The van der Waals surface area contributed by atoms with E-state index < -0.39 is 15.6 Å². The molecule has 19 heavy (non-hydrogen) atoms. The van der Waals surface area contributed by atoms with Gasteiger partial charge in [-0.3, -0.25) is 0 Å². The van der Waals surface area contributed by atoms with Crippen molar-refractivity contribution < 1.29 is 13.5 Å². The maximum atomic E-state index is 12.0. The smallest absolute Gasteiger partial charge is 0.240 e. The third kappa shape index (κ3) is 4.18. The summed E-state index contributed by atoms with van der Waals surface area (Å²) < 4.78 is 26.3. The third-order valence-corrected chi connectivity index (χ3v) is 4.49. The van der Waals surface area contributed by atoms with Crippen LogP contribution in [0.3, 0.4) is 0 Å². The van der Waals surface area contributed by atoms with Crippen LogP contribution in [-0.4, -0.2) is 25.7 Å². The molecule has 0 amide bonds. The van der Waals surface area contributed by atoms with E-state index in [0.29, 0.717) is 6.42 Å². The molecule has 0 aliphatic rings. The van der Waals surface area contributed by atoms with Crippen molar-refractivity contribution in [1.82, 2.24) is 4.72 Å². The molecule has 0 heterocycles. The van der Waals surface area contributed by atoms with E-state index in [-0.39, 0.29) is 22.0 Å². The van der Waals surface area contributed by atoms with Gasteiger partial charge in [0.25, 0.3) is 0 Å². The van der Waals surface area contributed by atoms with Gasteiger partial charge < -0.3 is 5.11 Å². The van der Waals surface area contributed by atoms with Crippen LogP contribution in [0.25, 0.3) is 0 Å². The highest BCUT2D eigenvalue weighted by Crippen LogP contribution is 2.20. The van der Waals surface area contributed by atoms with Gasteiger partial charge in [-0.15, -0.1) is 0 Å². The quantitative estimate of drug-likeness (QED) is 0.865. The van der Waals surface area contributed by atoms with Gasteiger partial charge in [-0.1, -0.05) is 18.5 Å². The molecule has 0 saturated heterocycles. The Hall–Kier alpha value is -1.13. The second kappa shape index (κ2) is 5.88. The summed E-state index contributed by atoms with van der Waals surface area (Å²) in [6, 6.07) is 5.70. The number of benzene rings is 1. The van der Waals surface area contributed by atoms with Crippen molar-refractivity contribution in [2.75, 3.05) is 6.54 Å². The first-order valence-electron chi connectivity index (χ1n) is 5.63. The highest BCUT2D eigenvalue weighted by Gasteiger charge is 2.22. The Labute approximate surface area is 117 Å². The van der Waals surface area contributed by atoms with Gasteiger partial charge in [0.05, 0.1) is 21.1 Å². The molecule has 0 bridgehead atoms. The summed E-state index contributed by atoms with van der Waals surface area (Å²) >= 11 is 5.79. The van der Waals surface area contributed by atoms with E-state index in [2.05, 4.69) is 4.72 Å². The van der Waals surface area contributed by atoms with Gasteiger partial charge in [0, 0.05) is 6.54 Å². The molecule has 0 saturated carbocycles. The van der Waals surface area contributed by atoms with Crippen LogP contribution in [0, 0.1) is 11.3 Å². The van der Waals surface area contributed by atoms with Crippen molar-refractivity contribution in [3.8, 4) is 6.07 Å². The summed E-state index contributed by atoms with van der Waals surface area (Å²) in [6.45, 7) is 3.21. The lowest BCUT2D eigenvalue weighted by Gasteiger charge is -2.21. The van der Waals surface area contributed by atoms with Gasteiger partial charge in [0.15, 0.2) is 0 Å². The number of sulfonamides is 1. The maximum Gasteiger partial charge on any atom is 0.240 e. The van der Waals surface area contributed by atoms with Crippen LogP contribution in [0.15, 0.2) is 23.1 Å². The molecule has 104 valence electrons. The predicted molar refractivity (Wildman–Crippen MR) is 72.3 cm³/mol. The van der Waals surface area contributed by atoms with Crippen LogP contribution in [0.1, 0.15) is 25.8 Å². The first kappa shape index (κ1) is 15.9. The van der Waals surface area contributed by atoms with Crippen molar-refractivity contribution in [1.29, 1.82) is 5.26 Å². The average molecular weight is 303 g/mol. The lowest BCUT2D eigenvalue weighted by atomic mass is 10.1. The first-order valence-corrected chi connectivity index (χ1v) is 7.49. The van der Waals surface area contributed by atoms with Gasteiger partial charge in [0.2, 0.25) is 10.0 Å². The number of nitrogens with zero attached hydrogens (tertiary/aromatic N) is 1. The molecule has 0 aliphatic carbocycles. The Morgan fingerprint density at radius 3 is 2.63 bits per heavy atom. The number of nitrogens with one attached hydrogen (secondary N) is 1. The fourth-order valence-corrected chi connectivity index (χ4v) is 2.69. The molecule has 0 spiro atoms. The molecule has 1 atom stereocenters. The van der Waals surface area contributed by atoms with Crippen molar-refractivity contribution in [3.63, 3.8) is 0 Å². The zero-order chi connectivity index (χ0) is 14.7. The largest absolute Gasteiger partial charge is 0.389 e. The van der Waals surface area contributed by atoms with Crippen LogP contribution in [-0.2, 0) is 10.0 Å². The normalized spacial score (nSPS) is 14.7. The molecule has 0 radical (unpaired) electrons. The Balaban J connectivity index is 2.96. The van der Waals surface area contributed by atoms with E-state index >= 15 is 0 Å². The molecule has 0 fully saturated rings. The van der Waals surface area contributed by atoms with Gasteiger partial charge >= 0.3 is 0 Å². The lowest BCUT2D eigenvalue weighted by molar-refractivity contribution is 0.0613. The van der Waals surface area contributed by atoms with E-state index in [1.807, 2.05) is 6.07 Å². The molecular weight excluding hydrogens is 288 g/mol. The monoisotopic (exact) mass is 302 g/mol. The number of rotatable bonds is 5. The number of aliphatic hydroxyl groups is 1. The minimum atomic E-state index is -3.75. The Morgan fingerprint density at radius 2 is 2.16 bits per heavy atom. The van der Waals surface area contributed by atoms with Crippen LogP contribution in [0.4, 0.5) is 0 Å². The minimum absolute atomic E-state index is 0.0385. The van der Waals surface area contributed by atoms with Crippen molar-refractivity contribution >= 4 is 21.6 Å². The van der Waals surface area contributed by atoms with Crippen LogP contribution < -0.4 is 4.72 Å². The van der Waals surface area contributed by atoms with E-state index in [1.54, 1.807) is 13.8 Å². The second-order valence-corrected chi connectivity index (χ2v) is 6.60. The zero-order valence-corrected chi connectivity index (χ0v) is 12.2. The van der Waals surface area contributed by atoms with Crippen molar-refractivity contribution in [2.24, 2.45) is 0 Å². The summed E-state index contributed by atoms with van der Waals surface area (Å²) in [7, 11) is -3.75. The molecule has 5 nitrogen and oxygen atoms in total. The third-order valence-electron chi connectivity index (χ3n) is 2.78. The zero-order valence-electron chi connectivity index (χ0n) is 10.6. The maximum absolute atomic E-state index is 12.0. The molecule has 0 aliphatic heterocycles. The summed E-state index contributed by atoms with van der Waals surface area (Å²) in [5.41, 5.74) is -0.898. The SMILES string of the molecule is CCC(C)(O)CNS(=O)(=O)c1ccc(C#N)c(Cl)c1. The molecule has 1 aromatic carbocycles. The minimum Gasteiger partial charge on any atom is -0.389 e. The summed E-state index contributed by atoms with van der Waals surface area (Å²) in [4.78, 5) is -0.0385. The van der Waals surface area contributed by atoms with E-state index in [0.717, 1.165) is 0 Å². The van der Waals surface area contributed by atoms with Crippen LogP contribution >= 0.6 is 11.6 Å². The van der Waals surface area contributed by atoms with Crippen molar-refractivity contribution in [2.45, 2.75) is 30.8 Å². The topological polar surface area (TPSA) is 90.2 Å². The highest BCUT2D eigenvalue weighted by atomic mass is 35.5. The number of halogens is 1. The van der Waals surface area contributed by atoms with Gasteiger partial charge in [-0.2, -0.15) is 5.26 Å². The van der Waals surface area contributed by atoms with Crippen molar-refractivity contribution in [3.05, 3.63) is 28.8 Å². The number of nitriles is 1. The number of hydrogen-bond donors (Lipinski definition) is 2. The molecule has 2 N–H and O–H groups in total. The van der Waals surface area contributed by atoms with E-state index in [9.17, 15) is 13.5 Å². The first-order chi connectivity index (χ1) is 8.72. The van der Waals surface area contributed by atoms with E-state index in [4.69, 9.17) is 16.9 Å². The molecule has 1 rings (SSSR count). The van der Waals surface area contributed by atoms with Gasteiger partial charge in [0.1, 0.15) is 6.07 Å². The fraction of sp³-hybridized carbons (Fsp3) is 0.417. The summed E-state index contributed by atoms with van der Waals surface area (Å²) in [6.07, 6.45) is 0.420. The molecule has 1 unspecified atom stereocenters. The summed E-state index contributed by atoms with van der Waals surface area (Å²) in [5, 5.41) is 18.6. The fourth-order valence-electron chi connectivity index (χ4n) is 1.21. The molecule has 7 heteroatoms. The van der Waals surface area contributed by atoms with E-state index in [1.165, 1.54) is 18.2 Å². The molecule has 0 aromatic heterocycles. The molecular formula is C12H15ClN2O3S. The Morgan fingerprint density at radius 1 is 1.53 bits per heavy atom. The van der Waals surface area contributed by atoms with Crippen LogP contribution in [0.5, 0.6) is 0 Å². The standard InChI is InChI=1S/C12H15ClN2O3S/c1-3-12(2,16)8-15-19(17,18)10-5-4-9(7-14)11(13)6-10/h4-6,15-16H,3,8H2,1-2H3. The van der Waals surface area contributed by atoms with Gasteiger partial charge in [-0.05, 0) is 31.5 Å². The predicted octanol–water partition coefficient (Wildman–Crippen LogP) is 1.65. The average Bonchev–Trinajstić information content (AvgIpc) is 2.36. The highest BCUT2D eigenvalue weighted by molar-refractivity contribution is 7.89.